The van der Waals surface area contributed by atoms with Crippen LogP contribution in [0.2, 0.25) is 18.1 Å². The first-order valence-corrected chi connectivity index (χ1v) is 13.5. The third kappa shape index (κ3) is 9.46. The molecular weight excluding hydrogens is 368 g/mol. The minimum absolute atomic E-state index is 0.0138. The first-order chi connectivity index (χ1) is 13.2. The van der Waals surface area contributed by atoms with Gasteiger partial charge in [0, 0.05) is 13.0 Å². The number of aliphatic hydroxyl groups excluding tert-OH is 1. The molecule has 0 saturated heterocycles. The molecule has 4 nitrogen and oxygen atoms in total. The Hall–Kier alpha value is -1.01. The van der Waals surface area contributed by atoms with Gasteiger partial charge in [0.2, 0.25) is 0 Å². The maximum atomic E-state index is 11.1. The minimum atomic E-state index is -1.87. The van der Waals surface area contributed by atoms with E-state index in [0.29, 0.717) is 19.4 Å². The van der Waals surface area contributed by atoms with Crippen molar-refractivity contribution >= 4 is 14.6 Å². The summed E-state index contributed by atoms with van der Waals surface area (Å²) in [6.45, 7) is 11.9. The van der Waals surface area contributed by atoms with Gasteiger partial charge in [-0.3, -0.25) is 0 Å². The second-order valence-corrected chi connectivity index (χ2v) is 13.9. The molecule has 28 heavy (non-hydrogen) atoms. The van der Waals surface area contributed by atoms with Crippen molar-refractivity contribution in [3.05, 3.63) is 35.9 Å². The second-order valence-electron chi connectivity index (χ2n) is 9.12. The largest absolute Gasteiger partial charge is 0.414 e. The van der Waals surface area contributed by atoms with Crippen LogP contribution in [-0.2, 0) is 20.6 Å². The Morgan fingerprint density at radius 3 is 2.18 bits per heavy atom. The van der Waals surface area contributed by atoms with Crippen LogP contribution < -0.4 is 0 Å². The second kappa shape index (κ2) is 12.5. The molecule has 1 N–H and O–H groups in total. The Labute approximate surface area is 172 Å². The number of aliphatic hydroxyl groups is 1. The number of hydrogen-bond donors (Lipinski definition) is 1. The van der Waals surface area contributed by atoms with E-state index in [1.165, 1.54) is 0 Å². The fourth-order valence-electron chi connectivity index (χ4n) is 2.91. The van der Waals surface area contributed by atoms with E-state index in [2.05, 4.69) is 46.0 Å². The van der Waals surface area contributed by atoms with Crippen LogP contribution in [0.1, 0.15) is 64.9 Å². The van der Waals surface area contributed by atoms with E-state index in [9.17, 15) is 9.90 Å². The number of unbranched alkanes of at least 4 members (excludes halogenated alkanes) is 1. The Morgan fingerprint density at radius 2 is 1.64 bits per heavy atom. The molecule has 0 saturated carbocycles. The summed E-state index contributed by atoms with van der Waals surface area (Å²) in [5.41, 5.74) is 1.15. The molecule has 0 unspecified atom stereocenters. The lowest BCUT2D eigenvalue weighted by atomic mass is 10.0. The summed E-state index contributed by atoms with van der Waals surface area (Å²) in [6, 6.07) is 10.1. The topological polar surface area (TPSA) is 55.8 Å². The van der Waals surface area contributed by atoms with Crippen molar-refractivity contribution in [3.8, 4) is 0 Å². The lowest BCUT2D eigenvalue weighted by Crippen LogP contribution is -2.44. The molecule has 0 radical (unpaired) electrons. The summed E-state index contributed by atoms with van der Waals surface area (Å²) in [5, 5.41) is 9.46. The van der Waals surface area contributed by atoms with Gasteiger partial charge >= 0.3 is 0 Å². The third-order valence-corrected chi connectivity index (χ3v) is 10.2. The monoisotopic (exact) mass is 408 g/mol. The molecule has 0 aliphatic carbocycles. The van der Waals surface area contributed by atoms with Crippen LogP contribution in [0.25, 0.3) is 0 Å². The molecule has 0 spiro atoms. The maximum Gasteiger partial charge on any atom is 0.192 e. The number of carbonyl (C=O) groups excluding carboxylic acids is 1. The smallest absolute Gasteiger partial charge is 0.192 e. The van der Waals surface area contributed by atoms with Crippen molar-refractivity contribution in [1.82, 2.24) is 0 Å². The van der Waals surface area contributed by atoms with Crippen molar-refractivity contribution in [1.29, 1.82) is 0 Å². The van der Waals surface area contributed by atoms with E-state index in [-0.39, 0.29) is 23.9 Å². The van der Waals surface area contributed by atoms with Gasteiger partial charge in [-0.1, -0.05) is 63.9 Å². The predicted molar refractivity (Wildman–Crippen MR) is 118 cm³/mol. The van der Waals surface area contributed by atoms with Gasteiger partial charge in [0.05, 0.1) is 18.8 Å². The highest BCUT2D eigenvalue weighted by molar-refractivity contribution is 6.74. The van der Waals surface area contributed by atoms with Crippen molar-refractivity contribution in [3.63, 3.8) is 0 Å². The molecule has 0 amide bonds. The first-order valence-electron chi connectivity index (χ1n) is 10.6. The Morgan fingerprint density at radius 1 is 1.04 bits per heavy atom. The molecule has 0 heterocycles. The highest BCUT2D eigenvalue weighted by atomic mass is 28.4. The summed E-state index contributed by atoms with van der Waals surface area (Å²) < 4.78 is 12.4. The van der Waals surface area contributed by atoms with E-state index in [1.54, 1.807) is 0 Å². The lowest BCUT2D eigenvalue weighted by Gasteiger charge is -2.39. The fraction of sp³-hybridized carbons (Fsp3) is 0.696. The van der Waals surface area contributed by atoms with E-state index in [4.69, 9.17) is 9.16 Å². The van der Waals surface area contributed by atoms with Gasteiger partial charge in [-0.05, 0) is 43.0 Å². The Balaban J connectivity index is 2.43. The van der Waals surface area contributed by atoms with E-state index in [0.717, 1.165) is 37.5 Å². The number of rotatable bonds is 14. The van der Waals surface area contributed by atoms with Crippen molar-refractivity contribution in [2.75, 3.05) is 6.61 Å². The highest BCUT2D eigenvalue weighted by Gasteiger charge is 2.38. The van der Waals surface area contributed by atoms with Gasteiger partial charge < -0.3 is 19.1 Å². The number of aldehydes is 1. The lowest BCUT2D eigenvalue weighted by molar-refractivity contribution is -0.109. The van der Waals surface area contributed by atoms with Gasteiger partial charge in [0.25, 0.3) is 0 Å². The molecule has 0 bridgehead atoms. The molecule has 0 aliphatic heterocycles. The molecule has 1 rings (SSSR count). The van der Waals surface area contributed by atoms with Crippen molar-refractivity contribution in [2.45, 2.75) is 96.2 Å². The number of ether oxygens (including phenoxy) is 1. The third-order valence-electron chi connectivity index (χ3n) is 5.71. The zero-order valence-electron chi connectivity index (χ0n) is 18.4. The van der Waals surface area contributed by atoms with E-state index < -0.39 is 8.32 Å². The standard InChI is InChI=1S/C23H40O4Si/c1-23(2,3)28(4,5)27-22(16-18-25)14-10-9-13-21(15-17-24)26-19-20-11-7-6-8-12-20/h6-8,11-12,18,21-22,24H,9-10,13-17,19H2,1-5H3/t21-,22-/m1/s1. The molecule has 0 fully saturated rings. The first kappa shape index (κ1) is 25.0. The highest BCUT2D eigenvalue weighted by Crippen LogP contribution is 2.38. The molecule has 1 aromatic carbocycles. The normalized spacial score (nSPS) is 14.6. The number of benzene rings is 1. The molecule has 0 aromatic heterocycles. The molecule has 1 aromatic rings. The van der Waals surface area contributed by atoms with Gasteiger partial charge in [0.15, 0.2) is 8.32 Å². The molecule has 2 atom stereocenters. The Bertz CT molecular complexity index is 539. The van der Waals surface area contributed by atoms with Crippen LogP contribution in [0.3, 0.4) is 0 Å². The average molecular weight is 409 g/mol. The van der Waals surface area contributed by atoms with Crippen molar-refractivity contribution < 1.29 is 19.1 Å². The quantitative estimate of drug-likeness (QED) is 0.251. The molecular formula is C23H40O4Si. The SMILES string of the molecule is CC(C)(C)[Si](C)(C)O[C@@H](CC=O)CCCC[C@H](CCO)OCc1ccccc1. The van der Waals surface area contributed by atoms with Gasteiger partial charge in [-0.25, -0.2) is 0 Å². The summed E-state index contributed by atoms with van der Waals surface area (Å²) >= 11 is 0. The van der Waals surface area contributed by atoms with Gasteiger partial charge in [0.1, 0.15) is 6.29 Å². The van der Waals surface area contributed by atoms with Crippen LogP contribution >= 0.6 is 0 Å². The van der Waals surface area contributed by atoms with Gasteiger partial charge in [-0.15, -0.1) is 0 Å². The zero-order valence-corrected chi connectivity index (χ0v) is 19.4. The number of hydrogen-bond acceptors (Lipinski definition) is 4. The van der Waals surface area contributed by atoms with Crippen LogP contribution in [0.15, 0.2) is 30.3 Å². The summed E-state index contributed by atoms with van der Waals surface area (Å²) in [4.78, 5) is 11.1. The number of carbonyl (C=O) groups is 1. The maximum absolute atomic E-state index is 11.1. The van der Waals surface area contributed by atoms with Crippen LogP contribution in [0.5, 0.6) is 0 Å². The Kier molecular flexibility index (Phi) is 11.2. The van der Waals surface area contributed by atoms with E-state index in [1.807, 2.05) is 18.2 Å². The zero-order chi connectivity index (χ0) is 21.0. The molecule has 5 heteroatoms. The summed E-state index contributed by atoms with van der Waals surface area (Å²) in [6.07, 6.45) is 6.02. The summed E-state index contributed by atoms with van der Waals surface area (Å²) in [7, 11) is -1.87. The predicted octanol–water partition coefficient (Wildman–Crippen LogP) is 5.49. The van der Waals surface area contributed by atoms with Crippen molar-refractivity contribution in [2.24, 2.45) is 0 Å². The van der Waals surface area contributed by atoms with Crippen LogP contribution in [0, 0.1) is 0 Å². The fourth-order valence-corrected chi connectivity index (χ4v) is 4.31. The summed E-state index contributed by atoms with van der Waals surface area (Å²) in [5.74, 6) is 0. The minimum Gasteiger partial charge on any atom is -0.414 e. The van der Waals surface area contributed by atoms with Crippen LogP contribution in [-0.4, -0.2) is 38.5 Å². The molecule has 160 valence electrons. The van der Waals surface area contributed by atoms with Gasteiger partial charge in [-0.2, -0.15) is 0 Å². The average Bonchev–Trinajstić information content (AvgIpc) is 2.63. The van der Waals surface area contributed by atoms with Crippen LogP contribution in [0.4, 0.5) is 0 Å². The molecule has 0 aliphatic rings. The van der Waals surface area contributed by atoms with E-state index >= 15 is 0 Å².